The summed E-state index contributed by atoms with van der Waals surface area (Å²) in [6.45, 7) is 11.0. The van der Waals surface area contributed by atoms with Gasteiger partial charge in [-0.25, -0.2) is 23.4 Å². The molecule has 2 fully saturated rings. The number of halogens is 1. The number of carbonyl (C=O) groups excluding carboxylic acids is 1. The Morgan fingerprint density at radius 1 is 1.34 bits per heavy atom. The number of allylic oxidation sites excluding steroid dienone is 1. The molecule has 1 N–H and O–H groups in total. The molecule has 1 amide bonds. The molecule has 0 aromatic carbocycles. The molecule has 2 aliphatic rings. The molecule has 1 aromatic heterocycles. The van der Waals surface area contributed by atoms with E-state index in [4.69, 9.17) is 11.6 Å². The second kappa shape index (κ2) is 9.50. The maximum absolute atomic E-state index is 13.3. The molecule has 1 saturated heterocycles. The molecule has 32 heavy (non-hydrogen) atoms. The Balaban J connectivity index is 1.93. The Morgan fingerprint density at radius 3 is 2.47 bits per heavy atom. The summed E-state index contributed by atoms with van der Waals surface area (Å²) < 4.78 is 23.9. The first-order valence-electron chi connectivity index (χ1n) is 10.3. The summed E-state index contributed by atoms with van der Waals surface area (Å²) >= 11 is 5.97. The van der Waals surface area contributed by atoms with Crippen LogP contribution in [0.15, 0.2) is 50.3 Å². The van der Waals surface area contributed by atoms with Crippen LogP contribution < -0.4 is 5.32 Å². The molecule has 0 bridgehead atoms. The molecule has 1 saturated carbocycles. The molecule has 1 aromatic rings. The number of aliphatic imine (C=N–C) groups is 2. The van der Waals surface area contributed by atoms with E-state index >= 15 is 0 Å². The van der Waals surface area contributed by atoms with E-state index in [0.717, 1.165) is 18.4 Å². The van der Waals surface area contributed by atoms with Gasteiger partial charge in [-0.1, -0.05) is 25.1 Å². The lowest BCUT2D eigenvalue weighted by Crippen LogP contribution is -2.58. The van der Waals surface area contributed by atoms with Crippen LogP contribution in [0.3, 0.4) is 0 Å². The molecule has 0 radical (unpaired) electrons. The van der Waals surface area contributed by atoms with Crippen LogP contribution in [0, 0.1) is 5.92 Å². The van der Waals surface area contributed by atoms with Crippen molar-refractivity contribution < 1.29 is 13.2 Å². The van der Waals surface area contributed by atoms with E-state index in [1.807, 2.05) is 20.8 Å². The Kier molecular flexibility index (Phi) is 7.14. The molecule has 1 atom stereocenters. The highest BCUT2D eigenvalue weighted by atomic mass is 35.5. The monoisotopic (exact) mass is 478 g/mol. The van der Waals surface area contributed by atoms with Gasteiger partial charge >= 0.3 is 0 Å². The zero-order valence-corrected chi connectivity index (χ0v) is 20.2. The molecule has 9 nitrogen and oxygen atoms in total. The van der Waals surface area contributed by atoms with E-state index in [2.05, 4.69) is 31.8 Å². The SMILES string of the molecule is C=C(Cl)N=C1C(=C(C)C)NC(=NCc2ncc(S(=O)(=O)CC)cn2)C(=O)N1C(C)C1CC1. The van der Waals surface area contributed by atoms with E-state index in [1.54, 1.807) is 11.8 Å². The number of carbonyl (C=O) groups is 1. The van der Waals surface area contributed by atoms with E-state index in [-0.39, 0.29) is 40.1 Å². The van der Waals surface area contributed by atoms with Crippen LogP contribution in [0.2, 0.25) is 0 Å². The zero-order chi connectivity index (χ0) is 23.6. The lowest BCUT2D eigenvalue weighted by Gasteiger charge is -2.36. The van der Waals surface area contributed by atoms with Gasteiger partial charge in [0.2, 0.25) is 0 Å². The van der Waals surface area contributed by atoms with E-state index < -0.39 is 9.84 Å². The number of nitrogens with zero attached hydrogens (tertiary/aromatic N) is 5. The van der Waals surface area contributed by atoms with Gasteiger partial charge in [0, 0.05) is 18.4 Å². The molecule has 0 spiro atoms. The fourth-order valence-corrected chi connectivity index (χ4v) is 4.15. The van der Waals surface area contributed by atoms with E-state index in [1.165, 1.54) is 12.4 Å². The number of aromatic nitrogens is 2. The van der Waals surface area contributed by atoms with Gasteiger partial charge in [-0.3, -0.25) is 14.7 Å². The van der Waals surface area contributed by atoms with Crippen LogP contribution >= 0.6 is 11.6 Å². The van der Waals surface area contributed by atoms with Crippen molar-refractivity contribution in [3.05, 3.63) is 41.2 Å². The molecule has 1 aliphatic heterocycles. The van der Waals surface area contributed by atoms with Gasteiger partial charge in [0.05, 0.1) is 11.4 Å². The lowest BCUT2D eigenvalue weighted by atomic mass is 10.1. The first kappa shape index (κ1) is 24.1. The van der Waals surface area contributed by atoms with Crippen molar-refractivity contribution in [1.29, 1.82) is 0 Å². The van der Waals surface area contributed by atoms with Crippen LogP contribution in [-0.2, 0) is 21.2 Å². The second-order valence-electron chi connectivity index (χ2n) is 7.97. The molecule has 3 rings (SSSR count). The Hall–Kier alpha value is -2.59. The zero-order valence-electron chi connectivity index (χ0n) is 18.6. The quantitative estimate of drug-likeness (QED) is 0.602. The average molecular weight is 479 g/mol. The van der Waals surface area contributed by atoms with Gasteiger partial charge in [0.15, 0.2) is 21.5 Å². The van der Waals surface area contributed by atoms with Crippen LogP contribution in [0.1, 0.15) is 46.4 Å². The summed E-state index contributed by atoms with van der Waals surface area (Å²) in [5.74, 6) is 0.907. The van der Waals surface area contributed by atoms with Crippen LogP contribution in [0.4, 0.5) is 0 Å². The number of rotatable bonds is 7. The van der Waals surface area contributed by atoms with Crippen molar-refractivity contribution in [3.63, 3.8) is 0 Å². The highest BCUT2D eigenvalue weighted by molar-refractivity contribution is 7.91. The Labute approximate surface area is 193 Å². The summed E-state index contributed by atoms with van der Waals surface area (Å²) in [6.07, 6.45) is 4.62. The third kappa shape index (κ3) is 5.24. The number of amides is 1. The second-order valence-corrected chi connectivity index (χ2v) is 10.7. The van der Waals surface area contributed by atoms with Crippen LogP contribution in [0.25, 0.3) is 0 Å². The minimum absolute atomic E-state index is 0.0108. The number of hydrogen-bond acceptors (Lipinski definition) is 7. The normalized spacial score (nSPS) is 20.5. The predicted octanol–water partition coefficient (Wildman–Crippen LogP) is 2.80. The smallest absolute Gasteiger partial charge is 0.295 e. The molecule has 11 heteroatoms. The van der Waals surface area contributed by atoms with Crippen molar-refractivity contribution >= 4 is 39.0 Å². The van der Waals surface area contributed by atoms with Gasteiger partial charge in [-0.2, -0.15) is 0 Å². The fourth-order valence-electron chi connectivity index (χ4n) is 3.31. The fraction of sp³-hybridized carbons (Fsp3) is 0.476. The van der Waals surface area contributed by atoms with Crippen LogP contribution in [-0.4, -0.2) is 52.7 Å². The molecule has 2 heterocycles. The highest BCUT2D eigenvalue weighted by Crippen LogP contribution is 2.36. The summed E-state index contributed by atoms with van der Waals surface area (Å²) in [4.78, 5) is 31.9. The first-order chi connectivity index (χ1) is 15.0. The first-order valence-corrected chi connectivity index (χ1v) is 12.4. The third-order valence-electron chi connectivity index (χ3n) is 5.35. The Bertz CT molecular complexity index is 1120. The number of nitrogens with one attached hydrogen (secondary N) is 1. The molecular weight excluding hydrogens is 452 g/mol. The standard InChI is InChI=1S/C21H27ClN6O3S/c1-6-32(30,31)16-9-23-17(24-10-16)11-25-19-21(29)28(13(4)15-7-8-15)20(26-14(5)22)18(27-19)12(2)3/h9-10,13,15H,5-8,11H2,1-4H3,(H,25,27). The number of hydrogen-bond donors (Lipinski definition) is 1. The predicted molar refractivity (Wildman–Crippen MR) is 124 cm³/mol. The third-order valence-corrected chi connectivity index (χ3v) is 7.13. The molecular formula is C21H27ClN6O3S. The lowest BCUT2D eigenvalue weighted by molar-refractivity contribution is -0.122. The average Bonchev–Trinajstić information content (AvgIpc) is 3.58. The topological polar surface area (TPSA) is 117 Å². The van der Waals surface area contributed by atoms with Gasteiger partial charge in [-0.05, 0) is 45.1 Å². The maximum atomic E-state index is 13.3. The number of sulfone groups is 1. The minimum Gasteiger partial charge on any atom is -0.333 e. The minimum atomic E-state index is -3.38. The summed E-state index contributed by atoms with van der Waals surface area (Å²) in [6, 6.07) is -0.0753. The van der Waals surface area contributed by atoms with Gasteiger partial charge < -0.3 is 5.32 Å². The summed E-state index contributed by atoms with van der Waals surface area (Å²) in [5, 5.41) is 3.15. The van der Waals surface area contributed by atoms with Crippen molar-refractivity contribution in [1.82, 2.24) is 20.2 Å². The van der Waals surface area contributed by atoms with E-state index in [9.17, 15) is 13.2 Å². The summed E-state index contributed by atoms with van der Waals surface area (Å²) in [5.41, 5.74) is 1.54. The highest BCUT2D eigenvalue weighted by Gasteiger charge is 2.42. The molecule has 1 aliphatic carbocycles. The molecule has 1 unspecified atom stereocenters. The summed E-state index contributed by atoms with van der Waals surface area (Å²) in [7, 11) is -3.38. The number of piperazine rings is 1. The van der Waals surface area contributed by atoms with Crippen molar-refractivity contribution in [2.24, 2.45) is 15.9 Å². The number of amidine groups is 2. The van der Waals surface area contributed by atoms with Crippen molar-refractivity contribution in [3.8, 4) is 0 Å². The largest absolute Gasteiger partial charge is 0.333 e. The molecule has 172 valence electrons. The van der Waals surface area contributed by atoms with E-state index in [0.29, 0.717) is 23.3 Å². The van der Waals surface area contributed by atoms with Crippen molar-refractivity contribution in [2.75, 3.05) is 5.75 Å². The van der Waals surface area contributed by atoms with Crippen molar-refractivity contribution in [2.45, 2.75) is 58.0 Å². The van der Waals surface area contributed by atoms with Crippen LogP contribution in [0.5, 0.6) is 0 Å². The van der Waals surface area contributed by atoms with Gasteiger partial charge in [0.1, 0.15) is 22.4 Å². The Morgan fingerprint density at radius 2 is 1.97 bits per heavy atom. The maximum Gasteiger partial charge on any atom is 0.295 e. The van der Waals surface area contributed by atoms with Gasteiger partial charge in [-0.15, -0.1) is 0 Å². The van der Waals surface area contributed by atoms with Gasteiger partial charge in [0.25, 0.3) is 5.91 Å².